The van der Waals surface area contributed by atoms with Gasteiger partial charge in [0.25, 0.3) is 0 Å². The van der Waals surface area contributed by atoms with E-state index < -0.39 is 0 Å². The van der Waals surface area contributed by atoms with E-state index in [4.69, 9.17) is 16.3 Å². The molecule has 0 fully saturated rings. The molecule has 0 saturated carbocycles. The first-order chi connectivity index (χ1) is 9.10. The summed E-state index contributed by atoms with van der Waals surface area (Å²) in [6.07, 6.45) is 0.812. The Bertz CT molecular complexity index is 551. The molecular formula is C16H16BrClO. The van der Waals surface area contributed by atoms with E-state index in [0.29, 0.717) is 0 Å². The van der Waals surface area contributed by atoms with Gasteiger partial charge in [-0.05, 0) is 36.6 Å². The van der Waals surface area contributed by atoms with Crippen LogP contribution in [0.3, 0.4) is 0 Å². The minimum atomic E-state index is -0.0528. The van der Waals surface area contributed by atoms with Gasteiger partial charge in [-0.1, -0.05) is 51.8 Å². The zero-order chi connectivity index (χ0) is 13.8. The summed E-state index contributed by atoms with van der Waals surface area (Å²) in [6, 6.07) is 14.4. The summed E-state index contributed by atoms with van der Waals surface area (Å²) in [5.41, 5.74) is 3.59. The third-order valence-electron chi connectivity index (χ3n) is 3.08. The second kappa shape index (κ2) is 6.44. The van der Waals surface area contributed by atoms with Gasteiger partial charge in [-0.2, -0.15) is 0 Å². The number of aryl methyl sites for hydroxylation is 1. The first-order valence-corrected chi connectivity index (χ1v) is 7.36. The molecule has 0 saturated heterocycles. The van der Waals surface area contributed by atoms with Crippen molar-refractivity contribution < 1.29 is 4.74 Å². The first-order valence-electron chi connectivity index (χ1n) is 6.13. The average Bonchev–Trinajstić information content (AvgIpc) is 2.41. The number of methoxy groups -OCH3 is 1. The predicted octanol–water partition coefficient (Wildman–Crippen LogP) is 5.29. The summed E-state index contributed by atoms with van der Waals surface area (Å²) in [5.74, 6) is 0.829. The molecule has 0 aliphatic carbocycles. The SMILES string of the molecule is COc1ccc(C(Cl)Cc2ccc(C)cc2)c(Br)c1. The largest absolute Gasteiger partial charge is 0.497 e. The maximum Gasteiger partial charge on any atom is 0.120 e. The molecule has 2 aromatic carbocycles. The van der Waals surface area contributed by atoms with Gasteiger partial charge < -0.3 is 4.74 Å². The molecule has 2 aromatic rings. The summed E-state index contributed by atoms with van der Waals surface area (Å²) in [5, 5.41) is -0.0528. The Kier molecular flexibility index (Phi) is 4.89. The lowest BCUT2D eigenvalue weighted by Gasteiger charge is -2.13. The van der Waals surface area contributed by atoms with Gasteiger partial charge in [-0.25, -0.2) is 0 Å². The lowest BCUT2D eigenvalue weighted by atomic mass is 10.0. The normalized spacial score (nSPS) is 12.2. The molecule has 0 spiro atoms. The fraction of sp³-hybridized carbons (Fsp3) is 0.250. The summed E-state index contributed by atoms with van der Waals surface area (Å²) >= 11 is 10.1. The van der Waals surface area contributed by atoms with Crippen LogP contribution >= 0.6 is 27.5 Å². The monoisotopic (exact) mass is 338 g/mol. The molecule has 0 aromatic heterocycles. The molecule has 0 heterocycles. The van der Waals surface area contributed by atoms with Crippen LogP contribution in [0.15, 0.2) is 46.9 Å². The molecular weight excluding hydrogens is 324 g/mol. The van der Waals surface area contributed by atoms with Crippen molar-refractivity contribution in [3.05, 3.63) is 63.6 Å². The predicted molar refractivity (Wildman–Crippen MR) is 84.2 cm³/mol. The maximum atomic E-state index is 6.51. The molecule has 0 bridgehead atoms. The van der Waals surface area contributed by atoms with Crippen molar-refractivity contribution in [2.45, 2.75) is 18.7 Å². The standard InChI is InChI=1S/C16H16BrClO/c1-11-3-5-12(6-4-11)9-16(18)14-8-7-13(19-2)10-15(14)17/h3-8,10,16H,9H2,1-2H3. The number of alkyl halides is 1. The first kappa shape index (κ1) is 14.4. The van der Waals surface area contributed by atoms with Crippen molar-refractivity contribution in [1.82, 2.24) is 0 Å². The molecule has 1 unspecified atom stereocenters. The highest BCUT2D eigenvalue weighted by Gasteiger charge is 2.13. The molecule has 0 aliphatic heterocycles. The fourth-order valence-electron chi connectivity index (χ4n) is 1.93. The highest BCUT2D eigenvalue weighted by atomic mass is 79.9. The molecule has 1 nitrogen and oxygen atoms in total. The van der Waals surface area contributed by atoms with Gasteiger partial charge in [0.15, 0.2) is 0 Å². The lowest BCUT2D eigenvalue weighted by Crippen LogP contribution is -1.97. The second-order valence-electron chi connectivity index (χ2n) is 4.54. The van der Waals surface area contributed by atoms with Crippen LogP contribution in [0, 0.1) is 6.92 Å². The minimum Gasteiger partial charge on any atom is -0.497 e. The highest BCUT2D eigenvalue weighted by molar-refractivity contribution is 9.10. The number of benzene rings is 2. The van der Waals surface area contributed by atoms with Crippen molar-refractivity contribution in [2.24, 2.45) is 0 Å². The van der Waals surface area contributed by atoms with E-state index in [9.17, 15) is 0 Å². The van der Waals surface area contributed by atoms with Gasteiger partial charge in [-0.15, -0.1) is 11.6 Å². The quantitative estimate of drug-likeness (QED) is 0.688. The lowest BCUT2D eigenvalue weighted by molar-refractivity contribution is 0.414. The van der Waals surface area contributed by atoms with Gasteiger partial charge in [0.1, 0.15) is 5.75 Å². The van der Waals surface area contributed by atoms with E-state index >= 15 is 0 Å². The zero-order valence-corrected chi connectivity index (χ0v) is 13.3. The van der Waals surface area contributed by atoms with Crippen LogP contribution in [-0.4, -0.2) is 7.11 Å². The number of hydrogen-bond acceptors (Lipinski definition) is 1. The molecule has 3 heteroatoms. The minimum absolute atomic E-state index is 0.0528. The average molecular weight is 340 g/mol. The maximum absolute atomic E-state index is 6.51. The van der Waals surface area contributed by atoms with Crippen LogP contribution in [0.25, 0.3) is 0 Å². The number of hydrogen-bond donors (Lipinski definition) is 0. The van der Waals surface area contributed by atoms with Crippen LogP contribution in [0.2, 0.25) is 0 Å². The topological polar surface area (TPSA) is 9.23 Å². The summed E-state index contributed by atoms with van der Waals surface area (Å²) in [4.78, 5) is 0. The molecule has 0 amide bonds. The van der Waals surface area contributed by atoms with Crippen molar-refractivity contribution in [3.8, 4) is 5.75 Å². The number of rotatable bonds is 4. The van der Waals surface area contributed by atoms with Crippen molar-refractivity contribution >= 4 is 27.5 Å². The Morgan fingerprint density at radius 2 is 1.84 bits per heavy atom. The second-order valence-corrected chi connectivity index (χ2v) is 5.93. The van der Waals surface area contributed by atoms with Gasteiger partial charge in [-0.3, -0.25) is 0 Å². The van der Waals surface area contributed by atoms with Crippen molar-refractivity contribution in [3.63, 3.8) is 0 Å². The fourth-order valence-corrected chi connectivity index (χ4v) is 3.06. The molecule has 0 aliphatic rings. The van der Waals surface area contributed by atoms with Gasteiger partial charge in [0.05, 0.1) is 12.5 Å². The highest BCUT2D eigenvalue weighted by Crippen LogP contribution is 2.33. The van der Waals surface area contributed by atoms with Crippen LogP contribution in [0.1, 0.15) is 22.1 Å². The Balaban J connectivity index is 2.15. The molecule has 100 valence electrons. The van der Waals surface area contributed by atoms with E-state index in [2.05, 4.69) is 47.1 Å². The van der Waals surface area contributed by atoms with Crippen molar-refractivity contribution in [2.75, 3.05) is 7.11 Å². The van der Waals surface area contributed by atoms with Crippen LogP contribution in [0.4, 0.5) is 0 Å². The van der Waals surface area contributed by atoms with Crippen molar-refractivity contribution in [1.29, 1.82) is 0 Å². The molecule has 2 rings (SSSR count). The Morgan fingerprint density at radius 3 is 2.42 bits per heavy atom. The Morgan fingerprint density at radius 1 is 1.16 bits per heavy atom. The van der Waals surface area contributed by atoms with E-state index in [-0.39, 0.29) is 5.38 Å². The molecule has 0 radical (unpaired) electrons. The molecule has 19 heavy (non-hydrogen) atoms. The van der Waals surface area contributed by atoms with Gasteiger partial charge >= 0.3 is 0 Å². The van der Waals surface area contributed by atoms with Crippen LogP contribution in [-0.2, 0) is 6.42 Å². The summed E-state index contributed by atoms with van der Waals surface area (Å²) in [7, 11) is 1.66. The number of ether oxygens (including phenoxy) is 1. The summed E-state index contributed by atoms with van der Waals surface area (Å²) in [6.45, 7) is 2.09. The Labute approximate surface area is 127 Å². The molecule has 0 N–H and O–H groups in total. The van der Waals surface area contributed by atoms with E-state index in [1.54, 1.807) is 7.11 Å². The molecule has 1 atom stereocenters. The van der Waals surface area contributed by atoms with E-state index in [0.717, 1.165) is 22.2 Å². The zero-order valence-electron chi connectivity index (χ0n) is 11.0. The van der Waals surface area contributed by atoms with E-state index in [1.807, 2.05) is 18.2 Å². The van der Waals surface area contributed by atoms with Gasteiger partial charge in [0, 0.05) is 4.47 Å². The Hall–Kier alpha value is -0.990. The van der Waals surface area contributed by atoms with Gasteiger partial charge in [0.2, 0.25) is 0 Å². The van der Waals surface area contributed by atoms with Crippen LogP contribution in [0.5, 0.6) is 5.75 Å². The number of halogens is 2. The van der Waals surface area contributed by atoms with E-state index in [1.165, 1.54) is 11.1 Å². The van der Waals surface area contributed by atoms with Crippen LogP contribution < -0.4 is 4.74 Å². The smallest absolute Gasteiger partial charge is 0.120 e. The summed E-state index contributed by atoms with van der Waals surface area (Å²) < 4.78 is 6.17. The third kappa shape index (κ3) is 3.74. The third-order valence-corrected chi connectivity index (χ3v) is 4.16.